The third-order valence-corrected chi connectivity index (χ3v) is 4.46. The van der Waals surface area contributed by atoms with Crippen molar-refractivity contribution in [3.8, 4) is 11.5 Å². The SMILES string of the molecule is CCN(Cc1ccc(OCc2cccs2)c(OC)c1)C(=O)CNC. The van der Waals surface area contributed by atoms with Crippen molar-refractivity contribution >= 4 is 17.2 Å². The van der Waals surface area contributed by atoms with Crippen molar-refractivity contribution < 1.29 is 14.3 Å². The molecule has 0 spiro atoms. The Balaban J connectivity index is 2.05. The molecular formula is C18H24N2O3S. The summed E-state index contributed by atoms with van der Waals surface area (Å²) >= 11 is 1.66. The van der Waals surface area contributed by atoms with Crippen LogP contribution in [0.1, 0.15) is 17.4 Å². The van der Waals surface area contributed by atoms with E-state index >= 15 is 0 Å². The molecular weight excluding hydrogens is 324 g/mol. The number of nitrogens with one attached hydrogen (secondary N) is 1. The Morgan fingerprint density at radius 1 is 1.29 bits per heavy atom. The summed E-state index contributed by atoms with van der Waals surface area (Å²) in [5.74, 6) is 1.47. The predicted octanol–water partition coefficient (Wildman–Crippen LogP) is 2.90. The number of rotatable bonds is 9. The second-order valence-corrected chi connectivity index (χ2v) is 6.32. The quantitative estimate of drug-likeness (QED) is 0.757. The molecule has 5 nitrogen and oxygen atoms in total. The van der Waals surface area contributed by atoms with Gasteiger partial charge in [0.05, 0.1) is 13.7 Å². The highest BCUT2D eigenvalue weighted by Gasteiger charge is 2.13. The molecule has 0 atom stereocenters. The van der Waals surface area contributed by atoms with Crippen LogP contribution in [0.2, 0.25) is 0 Å². The number of benzene rings is 1. The lowest BCUT2D eigenvalue weighted by Gasteiger charge is -2.21. The largest absolute Gasteiger partial charge is 0.493 e. The van der Waals surface area contributed by atoms with Gasteiger partial charge in [-0.2, -0.15) is 0 Å². The molecule has 0 fully saturated rings. The number of carbonyl (C=O) groups excluding carboxylic acids is 1. The zero-order valence-electron chi connectivity index (χ0n) is 14.4. The number of hydrogen-bond acceptors (Lipinski definition) is 5. The van der Waals surface area contributed by atoms with Crippen LogP contribution in [-0.4, -0.2) is 38.1 Å². The van der Waals surface area contributed by atoms with Crippen molar-refractivity contribution in [1.82, 2.24) is 10.2 Å². The Bertz CT molecular complexity index is 644. The van der Waals surface area contributed by atoms with Crippen molar-refractivity contribution in [2.75, 3.05) is 27.2 Å². The van der Waals surface area contributed by atoms with E-state index in [1.54, 1.807) is 30.4 Å². The van der Waals surface area contributed by atoms with Crippen LogP contribution in [0.25, 0.3) is 0 Å². The van der Waals surface area contributed by atoms with Crippen LogP contribution in [0.3, 0.4) is 0 Å². The predicted molar refractivity (Wildman–Crippen MR) is 96.7 cm³/mol. The molecule has 6 heteroatoms. The Hall–Kier alpha value is -2.05. The van der Waals surface area contributed by atoms with Crippen molar-refractivity contribution in [1.29, 1.82) is 0 Å². The molecule has 0 aliphatic rings. The second-order valence-electron chi connectivity index (χ2n) is 5.29. The minimum absolute atomic E-state index is 0.0805. The van der Waals surface area contributed by atoms with Crippen molar-refractivity contribution in [3.05, 3.63) is 46.2 Å². The minimum atomic E-state index is 0.0805. The number of amides is 1. The molecule has 0 unspecified atom stereocenters. The first-order valence-corrected chi connectivity index (χ1v) is 8.80. The normalized spacial score (nSPS) is 10.5. The first kappa shape index (κ1) is 18.3. The van der Waals surface area contributed by atoms with Crippen molar-refractivity contribution in [3.63, 3.8) is 0 Å². The van der Waals surface area contributed by atoms with Gasteiger partial charge in [0.2, 0.25) is 5.91 Å². The van der Waals surface area contributed by atoms with E-state index in [0.717, 1.165) is 10.4 Å². The fourth-order valence-electron chi connectivity index (χ4n) is 2.33. The average molecular weight is 348 g/mol. The number of ether oxygens (including phenoxy) is 2. The van der Waals surface area contributed by atoms with Gasteiger partial charge in [-0.3, -0.25) is 4.79 Å². The molecule has 1 heterocycles. The molecule has 1 amide bonds. The standard InChI is InChI=1S/C18H24N2O3S/c1-4-20(18(21)11-19-2)12-14-7-8-16(17(10-14)22-3)23-13-15-6-5-9-24-15/h5-10,19H,4,11-13H2,1-3H3. The maximum Gasteiger partial charge on any atom is 0.236 e. The molecule has 0 aliphatic heterocycles. The topological polar surface area (TPSA) is 50.8 Å². The van der Waals surface area contributed by atoms with Gasteiger partial charge in [0.25, 0.3) is 0 Å². The van der Waals surface area contributed by atoms with Gasteiger partial charge in [-0.1, -0.05) is 12.1 Å². The van der Waals surface area contributed by atoms with Crippen molar-refractivity contribution in [2.45, 2.75) is 20.1 Å². The summed E-state index contributed by atoms with van der Waals surface area (Å²) in [5, 5.41) is 4.92. The first-order valence-electron chi connectivity index (χ1n) is 7.92. The maximum absolute atomic E-state index is 12.0. The smallest absolute Gasteiger partial charge is 0.236 e. The monoisotopic (exact) mass is 348 g/mol. The fraction of sp³-hybridized carbons (Fsp3) is 0.389. The highest BCUT2D eigenvalue weighted by Crippen LogP contribution is 2.29. The van der Waals surface area contributed by atoms with Gasteiger partial charge in [-0.05, 0) is 43.1 Å². The number of thiophene rings is 1. The van der Waals surface area contributed by atoms with E-state index in [9.17, 15) is 4.79 Å². The minimum Gasteiger partial charge on any atom is -0.493 e. The lowest BCUT2D eigenvalue weighted by Crippen LogP contribution is -2.36. The van der Waals surface area contributed by atoms with Gasteiger partial charge in [0, 0.05) is 18.0 Å². The van der Waals surface area contributed by atoms with E-state index < -0.39 is 0 Å². The second kappa shape index (κ2) is 9.30. The third kappa shape index (κ3) is 4.97. The highest BCUT2D eigenvalue weighted by molar-refractivity contribution is 7.09. The van der Waals surface area contributed by atoms with Gasteiger partial charge in [0.15, 0.2) is 11.5 Å². The first-order chi connectivity index (χ1) is 11.7. The summed E-state index contributed by atoms with van der Waals surface area (Å²) < 4.78 is 11.3. The molecule has 0 saturated carbocycles. The Morgan fingerprint density at radius 2 is 2.12 bits per heavy atom. The van der Waals surface area contributed by atoms with Gasteiger partial charge in [-0.25, -0.2) is 0 Å². The summed E-state index contributed by atoms with van der Waals surface area (Å²) in [5.41, 5.74) is 1.02. The molecule has 1 aromatic heterocycles. The number of nitrogens with zero attached hydrogens (tertiary/aromatic N) is 1. The van der Waals surface area contributed by atoms with Gasteiger partial charge >= 0.3 is 0 Å². The van der Waals surface area contributed by atoms with Crippen LogP contribution < -0.4 is 14.8 Å². The van der Waals surface area contributed by atoms with Crippen LogP contribution in [0, 0.1) is 0 Å². The van der Waals surface area contributed by atoms with Gasteiger partial charge in [-0.15, -0.1) is 11.3 Å². The summed E-state index contributed by atoms with van der Waals surface area (Å²) in [7, 11) is 3.40. The lowest BCUT2D eigenvalue weighted by molar-refractivity contribution is -0.130. The molecule has 0 aliphatic carbocycles. The molecule has 130 valence electrons. The molecule has 2 aromatic rings. The van der Waals surface area contributed by atoms with Gasteiger partial charge < -0.3 is 19.7 Å². The summed E-state index contributed by atoms with van der Waals surface area (Å²) in [6.45, 7) is 4.06. The fourth-order valence-corrected chi connectivity index (χ4v) is 2.95. The number of carbonyl (C=O) groups is 1. The zero-order chi connectivity index (χ0) is 17.4. The molecule has 2 rings (SSSR count). The van der Waals surface area contributed by atoms with Crippen LogP contribution >= 0.6 is 11.3 Å². The highest BCUT2D eigenvalue weighted by atomic mass is 32.1. The van der Waals surface area contributed by atoms with Crippen LogP contribution in [0.4, 0.5) is 0 Å². The van der Waals surface area contributed by atoms with Crippen LogP contribution in [0.5, 0.6) is 11.5 Å². The summed E-state index contributed by atoms with van der Waals surface area (Å²) in [6.07, 6.45) is 0. The maximum atomic E-state index is 12.0. The zero-order valence-corrected chi connectivity index (χ0v) is 15.2. The molecule has 0 saturated heterocycles. The molecule has 1 aromatic carbocycles. The summed E-state index contributed by atoms with van der Waals surface area (Å²) in [4.78, 5) is 15.0. The van der Waals surface area contributed by atoms with E-state index in [1.165, 1.54) is 0 Å². The Labute approximate surface area is 147 Å². The molecule has 24 heavy (non-hydrogen) atoms. The number of likely N-dealkylation sites (N-methyl/N-ethyl adjacent to an activating group) is 2. The van der Waals surface area contributed by atoms with E-state index in [4.69, 9.17) is 9.47 Å². The molecule has 0 radical (unpaired) electrons. The van der Waals surface area contributed by atoms with Crippen molar-refractivity contribution in [2.24, 2.45) is 0 Å². The Kier molecular flexibility index (Phi) is 7.08. The van der Waals surface area contributed by atoms with Crippen LogP contribution in [0.15, 0.2) is 35.7 Å². The average Bonchev–Trinajstić information content (AvgIpc) is 3.11. The third-order valence-electron chi connectivity index (χ3n) is 3.61. The molecule has 0 bridgehead atoms. The molecule has 1 N–H and O–H groups in total. The van der Waals surface area contributed by atoms with E-state index in [-0.39, 0.29) is 5.91 Å². The van der Waals surface area contributed by atoms with E-state index in [1.807, 2.05) is 42.6 Å². The lowest BCUT2D eigenvalue weighted by atomic mass is 10.2. The van der Waals surface area contributed by atoms with E-state index in [2.05, 4.69) is 5.32 Å². The summed E-state index contributed by atoms with van der Waals surface area (Å²) in [6, 6.07) is 9.85. The van der Waals surface area contributed by atoms with E-state index in [0.29, 0.717) is 37.7 Å². The van der Waals surface area contributed by atoms with Gasteiger partial charge in [0.1, 0.15) is 6.61 Å². The van der Waals surface area contributed by atoms with Crippen LogP contribution in [-0.2, 0) is 17.9 Å². The number of methoxy groups -OCH3 is 1. The number of hydrogen-bond donors (Lipinski definition) is 1. The Morgan fingerprint density at radius 3 is 2.75 bits per heavy atom.